The van der Waals surface area contributed by atoms with E-state index < -0.39 is 0 Å². The molecule has 0 amide bonds. The number of hydrogen-bond acceptors (Lipinski definition) is 4. The van der Waals surface area contributed by atoms with E-state index in [1.165, 1.54) is 42.6 Å². The van der Waals surface area contributed by atoms with Crippen LogP contribution in [0.1, 0.15) is 50.1 Å². The van der Waals surface area contributed by atoms with Gasteiger partial charge in [0.15, 0.2) is 5.82 Å². The van der Waals surface area contributed by atoms with Crippen LogP contribution in [0.3, 0.4) is 0 Å². The molecule has 168 valence electrons. The molecular weight excluding hydrogens is 394 g/mol. The first-order valence-electron chi connectivity index (χ1n) is 12.1. The van der Waals surface area contributed by atoms with Gasteiger partial charge in [0.05, 0.1) is 5.69 Å². The standard InChI is InChI=1S/C27H35N5/c1-20(2)12-26-18-30(17-24-10-7-11-31(24)26)25-14-21(3)13-22(15-25)16-27-28-19-32(29-27)23-8-5-4-6-9-23/h4-6,8-9,13-15,19-20,24,26H,7,10-12,16-18H2,1-3H3/t24-,26?/m1/s1. The molecule has 0 saturated carbocycles. The van der Waals surface area contributed by atoms with Crippen molar-refractivity contribution < 1.29 is 0 Å². The number of piperazine rings is 1. The van der Waals surface area contributed by atoms with Gasteiger partial charge in [0.1, 0.15) is 6.33 Å². The van der Waals surface area contributed by atoms with Crippen molar-refractivity contribution in [3.63, 3.8) is 0 Å². The molecule has 2 fully saturated rings. The number of nitrogens with zero attached hydrogens (tertiary/aromatic N) is 5. The molecule has 5 nitrogen and oxygen atoms in total. The van der Waals surface area contributed by atoms with Crippen molar-refractivity contribution in [3.05, 3.63) is 71.8 Å². The van der Waals surface area contributed by atoms with E-state index in [-0.39, 0.29) is 0 Å². The van der Waals surface area contributed by atoms with Gasteiger partial charge in [-0.3, -0.25) is 4.90 Å². The molecule has 0 aliphatic carbocycles. The Morgan fingerprint density at radius 2 is 1.88 bits per heavy atom. The van der Waals surface area contributed by atoms with Crippen molar-refractivity contribution in [1.29, 1.82) is 0 Å². The summed E-state index contributed by atoms with van der Waals surface area (Å²) in [5, 5.41) is 4.72. The molecule has 2 aromatic carbocycles. The third-order valence-electron chi connectivity index (χ3n) is 6.91. The van der Waals surface area contributed by atoms with Gasteiger partial charge in [-0.15, -0.1) is 0 Å². The molecule has 0 spiro atoms. The Labute approximate surface area is 192 Å². The largest absolute Gasteiger partial charge is 0.368 e. The molecule has 2 atom stereocenters. The van der Waals surface area contributed by atoms with Gasteiger partial charge >= 0.3 is 0 Å². The van der Waals surface area contributed by atoms with E-state index in [0.29, 0.717) is 12.1 Å². The second-order valence-corrected chi connectivity index (χ2v) is 10.0. The summed E-state index contributed by atoms with van der Waals surface area (Å²) in [6.07, 6.45) is 6.55. The fourth-order valence-corrected chi connectivity index (χ4v) is 5.58. The molecule has 2 aliphatic rings. The highest BCUT2D eigenvalue weighted by Gasteiger charge is 2.37. The van der Waals surface area contributed by atoms with Crippen LogP contribution in [0.15, 0.2) is 54.9 Å². The summed E-state index contributed by atoms with van der Waals surface area (Å²) in [7, 11) is 0. The summed E-state index contributed by atoms with van der Waals surface area (Å²) >= 11 is 0. The highest BCUT2D eigenvalue weighted by atomic mass is 15.3. The predicted molar refractivity (Wildman–Crippen MR) is 131 cm³/mol. The Hall–Kier alpha value is -2.66. The SMILES string of the molecule is Cc1cc(Cc2ncn(-c3ccccc3)n2)cc(N2CC(CC(C)C)N3CCC[C@@H]3C2)c1. The lowest BCUT2D eigenvalue weighted by Gasteiger charge is -2.45. The molecule has 2 saturated heterocycles. The first-order valence-corrected chi connectivity index (χ1v) is 12.1. The number of aryl methyl sites for hydroxylation is 1. The average molecular weight is 430 g/mol. The Kier molecular flexibility index (Phi) is 6.01. The first kappa shape index (κ1) is 21.2. The van der Waals surface area contributed by atoms with Crippen LogP contribution >= 0.6 is 0 Å². The molecule has 0 N–H and O–H groups in total. The van der Waals surface area contributed by atoms with Crippen molar-refractivity contribution in [2.75, 3.05) is 24.5 Å². The van der Waals surface area contributed by atoms with Crippen LogP contribution in [0.25, 0.3) is 5.69 Å². The van der Waals surface area contributed by atoms with E-state index >= 15 is 0 Å². The Balaban J connectivity index is 1.35. The molecule has 1 unspecified atom stereocenters. The number of rotatable bonds is 6. The lowest BCUT2D eigenvalue weighted by molar-refractivity contribution is 0.136. The second kappa shape index (κ2) is 9.07. The van der Waals surface area contributed by atoms with Crippen LogP contribution in [0.4, 0.5) is 5.69 Å². The van der Waals surface area contributed by atoms with Crippen molar-refractivity contribution >= 4 is 5.69 Å². The predicted octanol–water partition coefficient (Wildman–Crippen LogP) is 4.87. The molecular formula is C27H35N5. The summed E-state index contributed by atoms with van der Waals surface area (Å²) in [4.78, 5) is 10.0. The fourth-order valence-electron chi connectivity index (χ4n) is 5.58. The normalized spacial score (nSPS) is 21.3. The number of benzene rings is 2. The van der Waals surface area contributed by atoms with Crippen molar-refractivity contribution in [3.8, 4) is 5.69 Å². The summed E-state index contributed by atoms with van der Waals surface area (Å²) in [6.45, 7) is 10.5. The van der Waals surface area contributed by atoms with Crippen molar-refractivity contribution in [1.82, 2.24) is 19.7 Å². The van der Waals surface area contributed by atoms with Gasteiger partial charge in [0.25, 0.3) is 0 Å². The third-order valence-corrected chi connectivity index (χ3v) is 6.91. The van der Waals surface area contributed by atoms with Gasteiger partial charge in [-0.25, -0.2) is 9.67 Å². The topological polar surface area (TPSA) is 37.2 Å². The summed E-state index contributed by atoms with van der Waals surface area (Å²) in [6, 6.07) is 18.6. The zero-order chi connectivity index (χ0) is 22.1. The van der Waals surface area contributed by atoms with Crippen LogP contribution in [-0.2, 0) is 6.42 Å². The maximum absolute atomic E-state index is 4.72. The molecule has 3 heterocycles. The lowest BCUT2D eigenvalue weighted by atomic mass is 9.97. The maximum Gasteiger partial charge on any atom is 0.155 e. The molecule has 0 bridgehead atoms. The highest BCUT2D eigenvalue weighted by Crippen LogP contribution is 2.32. The molecule has 0 radical (unpaired) electrons. The zero-order valence-corrected chi connectivity index (χ0v) is 19.6. The minimum atomic E-state index is 0.670. The number of para-hydroxylation sites is 1. The Bertz CT molecular complexity index is 1040. The first-order chi connectivity index (χ1) is 15.5. The van der Waals surface area contributed by atoms with Gasteiger partial charge in [-0.05, 0) is 74.0 Å². The monoisotopic (exact) mass is 429 g/mol. The van der Waals surface area contributed by atoms with E-state index in [1.807, 2.05) is 29.2 Å². The minimum Gasteiger partial charge on any atom is -0.368 e. The van der Waals surface area contributed by atoms with E-state index in [1.54, 1.807) is 0 Å². The third kappa shape index (κ3) is 4.58. The van der Waals surface area contributed by atoms with Crippen LogP contribution in [-0.4, -0.2) is 51.4 Å². The van der Waals surface area contributed by atoms with Crippen LogP contribution in [0.2, 0.25) is 0 Å². The summed E-state index contributed by atoms with van der Waals surface area (Å²) in [5.41, 5.74) is 5.01. The molecule has 2 aliphatic heterocycles. The lowest BCUT2D eigenvalue weighted by Crippen LogP contribution is -2.56. The van der Waals surface area contributed by atoms with Crippen molar-refractivity contribution in [2.45, 2.75) is 58.5 Å². The summed E-state index contributed by atoms with van der Waals surface area (Å²) in [5.74, 6) is 1.60. The Morgan fingerprint density at radius 3 is 2.69 bits per heavy atom. The molecule has 32 heavy (non-hydrogen) atoms. The van der Waals surface area contributed by atoms with Crippen LogP contribution in [0, 0.1) is 12.8 Å². The second-order valence-electron chi connectivity index (χ2n) is 10.0. The molecule has 1 aromatic heterocycles. The van der Waals surface area contributed by atoms with Gasteiger partial charge in [-0.1, -0.05) is 38.1 Å². The van der Waals surface area contributed by atoms with E-state index in [0.717, 1.165) is 36.9 Å². The molecule has 3 aromatic rings. The minimum absolute atomic E-state index is 0.670. The Morgan fingerprint density at radius 1 is 1.03 bits per heavy atom. The van der Waals surface area contributed by atoms with E-state index in [9.17, 15) is 0 Å². The van der Waals surface area contributed by atoms with Gasteiger partial charge in [0, 0.05) is 37.3 Å². The fraction of sp³-hybridized carbons (Fsp3) is 0.481. The van der Waals surface area contributed by atoms with E-state index in [2.05, 4.69) is 65.9 Å². The maximum atomic E-state index is 4.72. The number of anilines is 1. The van der Waals surface area contributed by atoms with E-state index in [4.69, 9.17) is 5.10 Å². The van der Waals surface area contributed by atoms with Crippen LogP contribution in [0.5, 0.6) is 0 Å². The van der Waals surface area contributed by atoms with Gasteiger partial charge < -0.3 is 4.90 Å². The number of fused-ring (bicyclic) bond motifs is 1. The zero-order valence-electron chi connectivity index (χ0n) is 19.6. The summed E-state index contributed by atoms with van der Waals surface area (Å²) < 4.78 is 1.86. The number of aromatic nitrogens is 3. The smallest absolute Gasteiger partial charge is 0.155 e. The number of hydrogen-bond donors (Lipinski definition) is 0. The molecule has 5 heteroatoms. The molecule has 5 rings (SSSR count). The quantitative estimate of drug-likeness (QED) is 0.560. The van der Waals surface area contributed by atoms with Gasteiger partial charge in [0.2, 0.25) is 0 Å². The average Bonchev–Trinajstić information content (AvgIpc) is 3.43. The van der Waals surface area contributed by atoms with Crippen molar-refractivity contribution in [2.24, 2.45) is 5.92 Å². The van der Waals surface area contributed by atoms with Gasteiger partial charge in [-0.2, -0.15) is 5.10 Å². The highest BCUT2D eigenvalue weighted by molar-refractivity contribution is 5.52. The van der Waals surface area contributed by atoms with Crippen LogP contribution < -0.4 is 4.90 Å².